The van der Waals surface area contributed by atoms with Crippen molar-refractivity contribution in [3.05, 3.63) is 80.9 Å². The number of hydrogen-bond acceptors (Lipinski definition) is 3. The minimum Gasteiger partial charge on any atom is -0.338 e. The lowest BCUT2D eigenvalue weighted by Gasteiger charge is -2.16. The van der Waals surface area contributed by atoms with Crippen LogP contribution >= 0.6 is 11.6 Å². The maximum atomic E-state index is 12.1. The lowest BCUT2D eigenvalue weighted by atomic mass is 10.1. The van der Waals surface area contributed by atoms with Crippen molar-refractivity contribution >= 4 is 29.3 Å². The van der Waals surface area contributed by atoms with Gasteiger partial charge in [-0.1, -0.05) is 41.9 Å². The van der Waals surface area contributed by atoms with Crippen molar-refractivity contribution in [3.63, 3.8) is 0 Å². The molecule has 0 N–H and O–H groups in total. The van der Waals surface area contributed by atoms with Gasteiger partial charge in [0.2, 0.25) is 5.91 Å². The van der Waals surface area contributed by atoms with Gasteiger partial charge in [-0.05, 0) is 23.8 Å². The van der Waals surface area contributed by atoms with E-state index in [0.29, 0.717) is 17.1 Å². The van der Waals surface area contributed by atoms with Crippen molar-refractivity contribution in [3.8, 4) is 0 Å². The largest absolute Gasteiger partial charge is 0.338 e. The molecule has 118 valence electrons. The second-order valence-corrected chi connectivity index (χ2v) is 5.34. The van der Waals surface area contributed by atoms with Crippen LogP contribution in [0.25, 0.3) is 6.08 Å². The molecule has 0 bridgehead atoms. The first kappa shape index (κ1) is 16.7. The molecule has 0 spiro atoms. The number of rotatable bonds is 5. The van der Waals surface area contributed by atoms with Crippen molar-refractivity contribution in [2.45, 2.75) is 6.54 Å². The van der Waals surface area contributed by atoms with E-state index in [9.17, 15) is 14.9 Å². The zero-order valence-corrected chi connectivity index (χ0v) is 13.2. The molecule has 0 saturated carbocycles. The summed E-state index contributed by atoms with van der Waals surface area (Å²) < 4.78 is 0. The quantitative estimate of drug-likeness (QED) is 0.474. The highest BCUT2D eigenvalue weighted by Crippen LogP contribution is 2.19. The Hall–Kier alpha value is -2.66. The van der Waals surface area contributed by atoms with Crippen LogP contribution in [0.3, 0.4) is 0 Å². The van der Waals surface area contributed by atoms with Crippen molar-refractivity contribution in [2.75, 3.05) is 7.05 Å². The summed E-state index contributed by atoms with van der Waals surface area (Å²) in [6.45, 7) is 0.361. The van der Waals surface area contributed by atoms with Crippen LogP contribution in [-0.4, -0.2) is 22.8 Å². The topological polar surface area (TPSA) is 63.5 Å². The van der Waals surface area contributed by atoms with Gasteiger partial charge in [-0.2, -0.15) is 0 Å². The third-order valence-electron chi connectivity index (χ3n) is 3.28. The number of halogens is 1. The smallest absolute Gasteiger partial charge is 0.276 e. The summed E-state index contributed by atoms with van der Waals surface area (Å²) in [5, 5.41) is 11.5. The summed E-state index contributed by atoms with van der Waals surface area (Å²) in [5.41, 5.74) is 1.19. The number of amides is 1. The number of carbonyl (C=O) groups excluding carboxylic acids is 1. The highest BCUT2D eigenvalue weighted by molar-refractivity contribution is 6.31. The molecule has 6 heteroatoms. The SMILES string of the molecule is CN(Cc1ccccc1Cl)C(=O)/C=C/c1ccccc1[N+](=O)[O-]. The Morgan fingerprint density at radius 1 is 1.22 bits per heavy atom. The molecule has 0 atom stereocenters. The van der Waals surface area contributed by atoms with Gasteiger partial charge in [0.05, 0.1) is 10.5 Å². The Morgan fingerprint density at radius 3 is 2.57 bits per heavy atom. The van der Waals surface area contributed by atoms with E-state index in [2.05, 4.69) is 0 Å². The van der Waals surface area contributed by atoms with Crippen molar-refractivity contribution < 1.29 is 9.72 Å². The first-order valence-corrected chi connectivity index (χ1v) is 7.27. The lowest BCUT2D eigenvalue weighted by molar-refractivity contribution is -0.385. The Kier molecular flexibility index (Phi) is 5.49. The molecule has 0 saturated heterocycles. The molecule has 2 aromatic carbocycles. The van der Waals surface area contributed by atoms with E-state index < -0.39 is 4.92 Å². The number of hydrogen-bond donors (Lipinski definition) is 0. The normalized spacial score (nSPS) is 10.7. The Labute approximate surface area is 139 Å². The molecular weight excluding hydrogens is 316 g/mol. The Morgan fingerprint density at radius 2 is 1.87 bits per heavy atom. The van der Waals surface area contributed by atoms with Gasteiger partial charge in [0, 0.05) is 30.8 Å². The third kappa shape index (κ3) is 4.40. The van der Waals surface area contributed by atoms with E-state index in [1.54, 1.807) is 31.3 Å². The molecule has 0 aliphatic carbocycles. The number of nitrogens with zero attached hydrogens (tertiary/aromatic N) is 2. The fourth-order valence-electron chi connectivity index (χ4n) is 2.04. The van der Waals surface area contributed by atoms with Gasteiger partial charge >= 0.3 is 0 Å². The summed E-state index contributed by atoms with van der Waals surface area (Å²) in [6.07, 6.45) is 2.77. The summed E-state index contributed by atoms with van der Waals surface area (Å²) in [4.78, 5) is 24.1. The van der Waals surface area contributed by atoms with E-state index in [-0.39, 0.29) is 11.6 Å². The second kappa shape index (κ2) is 7.56. The standard InChI is InChI=1S/C17H15ClN2O3/c1-19(12-14-7-2-4-8-15(14)18)17(21)11-10-13-6-3-5-9-16(13)20(22)23/h2-11H,12H2,1H3/b11-10+. The molecule has 0 heterocycles. The van der Waals surface area contributed by atoms with Gasteiger partial charge in [0.1, 0.15) is 0 Å². The predicted molar refractivity (Wildman–Crippen MR) is 90.1 cm³/mol. The molecule has 5 nitrogen and oxygen atoms in total. The van der Waals surface area contributed by atoms with Crippen LogP contribution < -0.4 is 0 Å². The molecule has 0 aliphatic heterocycles. The van der Waals surface area contributed by atoms with Crippen LogP contribution in [0.5, 0.6) is 0 Å². The van der Waals surface area contributed by atoms with Gasteiger partial charge < -0.3 is 4.90 Å². The average molecular weight is 331 g/mol. The third-order valence-corrected chi connectivity index (χ3v) is 3.65. The van der Waals surface area contributed by atoms with E-state index in [0.717, 1.165) is 5.56 Å². The van der Waals surface area contributed by atoms with Gasteiger partial charge in [0.15, 0.2) is 0 Å². The number of likely N-dealkylation sites (N-methyl/N-ethyl adjacent to an activating group) is 1. The molecule has 0 unspecified atom stereocenters. The zero-order valence-electron chi connectivity index (χ0n) is 12.5. The minimum atomic E-state index is -0.475. The number of benzene rings is 2. The van der Waals surface area contributed by atoms with Gasteiger partial charge in [-0.3, -0.25) is 14.9 Å². The highest BCUT2D eigenvalue weighted by Gasteiger charge is 2.11. The number of nitro benzene ring substituents is 1. The maximum Gasteiger partial charge on any atom is 0.276 e. The molecule has 0 fully saturated rings. The lowest BCUT2D eigenvalue weighted by Crippen LogP contribution is -2.24. The van der Waals surface area contributed by atoms with E-state index in [1.807, 2.05) is 18.2 Å². The van der Waals surface area contributed by atoms with Gasteiger partial charge in [-0.15, -0.1) is 0 Å². The molecule has 23 heavy (non-hydrogen) atoms. The van der Waals surface area contributed by atoms with Crippen LogP contribution in [0.15, 0.2) is 54.6 Å². The fraction of sp³-hybridized carbons (Fsp3) is 0.118. The first-order valence-electron chi connectivity index (χ1n) is 6.89. The van der Waals surface area contributed by atoms with Crippen molar-refractivity contribution in [1.82, 2.24) is 4.90 Å². The number of para-hydroxylation sites is 1. The van der Waals surface area contributed by atoms with Gasteiger partial charge in [-0.25, -0.2) is 0 Å². The Balaban J connectivity index is 2.10. The predicted octanol–water partition coefficient (Wildman–Crippen LogP) is 3.92. The van der Waals surface area contributed by atoms with Crippen LogP contribution in [-0.2, 0) is 11.3 Å². The average Bonchev–Trinajstić information content (AvgIpc) is 2.54. The van der Waals surface area contributed by atoms with Crippen LogP contribution in [0.1, 0.15) is 11.1 Å². The molecule has 2 aromatic rings. The summed E-state index contributed by atoms with van der Waals surface area (Å²) in [5.74, 6) is -0.261. The van der Waals surface area contributed by atoms with Crippen LogP contribution in [0.4, 0.5) is 5.69 Å². The second-order valence-electron chi connectivity index (χ2n) is 4.93. The number of carbonyl (C=O) groups is 1. The highest BCUT2D eigenvalue weighted by atomic mass is 35.5. The summed E-state index contributed by atoms with van der Waals surface area (Å²) in [6, 6.07) is 13.5. The Bertz CT molecular complexity index is 759. The molecule has 2 rings (SSSR count). The molecule has 0 radical (unpaired) electrons. The molecule has 0 aliphatic rings. The molecule has 1 amide bonds. The van der Waals surface area contributed by atoms with E-state index >= 15 is 0 Å². The molecule has 0 aromatic heterocycles. The van der Waals surface area contributed by atoms with Crippen LogP contribution in [0, 0.1) is 10.1 Å². The fourth-order valence-corrected chi connectivity index (χ4v) is 2.24. The zero-order chi connectivity index (χ0) is 16.8. The summed E-state index contributed by atoms with van der Waals surface area (Å²) in [7, 11) is 1.65. The van der Waals surface area contributed by atoms with Gasteiger partial charge in [0.25, 0.3) is 5.69 Å². The van der Waals surface area contributed by atoms with E-state index in [1.165, 1.54) is 23.1 Å². The van der Waals surface area contributed by atoms with Crippen LogP contribution in [0.2, 0.25) is 5.02 Å². The summed E-state index contributed by atoms with van der Waals surface area (Å²) >= 11 is 6.07. The molecular formula is C17H15ClN2O3. The number of nitro groups is 1. The van der Waals surface area contributed by atoms with Crippen molar-refractivity contribution in [2.24, 2.45) is 0 Å². The minimum absolute atomic E-state index is 0.0368. The maximum absolute atomic E-state index is 12.1. The first-order chi connectivity index (χ1) is 11.0. The van der Waals surface area contributed by atoms with E-state index in [4.69, 9.17) is 11.6 Å². The monoisotopic (exact) mass is 330 g/mol. The van der Waals surface area contributed by atoms with Crippen molar-refractivity contribution in [1.29, 1.82) is 0 Å².